The number of hydrogen-bond donors (Lipinski definition) is 0. The SMILES string of the molecule is [O-][n+]1ccccc1C(=S)SCc1ccccc1. The molecule has 0 amide bonds. The zero-order chi connectivity index (χ0) is 12.1. The van der Waals surface area contributed by atoms with Gasteiger partial charge in [-0.25, -0.2) is 0 Å². The van der Waals surface area contributed by atoms with Crippen LogP contribution in [0.15, 0.2) is 54.7 Å². The first-order valence-electron chi connectivity index (χ1n) is 5.16. The van der Waals surface area contributed by atoms with Gasteiger partial charge in [-0.05, 0) is 11.6 Å². The molecule has 0 bridgehead atoms. The lowest BCUT2D eigenvalue weighted by molar-refractivity contribution is -0.606. The summed E-state index contributed by atoms with van der Waals surface area (Å²) in [4.78, 5) is 0. The Morgan fingerprint density at radius 1 is 1.12 bits per heavy atom. The lowest BCUT2D eigenvalue weighted by Crippen LogP contribution is -2.32. The van der Waals surface area contributed by atoms with Gasteiger partial charge in [-0.1, -0.05) is 42.5 Å². The first kappa shape index (κ1) is 12.1. The van der Waals surface area contributed by atoms with Gasteiger partial charge in [0.25, 0.3) is 0 Å². The van der Waals surface area contributed by atoms with E-state index in [1.54, 1.807) is 12.1 Å². The van der Waals surface area contributed by atoms with Crippen LogP contribution in [-0.2, 0) is 5.75 Å². The molecular formula is C13H11NOS2. The molecule has 0 N–H and O–H groups in total. The standard InChI is InChI=1S/C13H11NOS2/c15-14-9-5-4-8-12(14)13(16)17-10-11-6-2-1-3-7-11/h1-9H,10H2. The van der Waals surface area contributed by atoms with E-state index in [1.165, 1.54) is 23.5 Å². The Bertz CT molecular complexity index is 514. The zero-order valence-corrected chi connectivity index (χ0v) is 10.7. The van der Waals surface area contributed by atoms with Gasteiger partial charge in [0, 0.05) is 17.9 Å². The molecule has 4 heteroatoms. The van der Waals surface area contributed by atoms with E-state index in [0.717, 1.165) is 10.5 Å². The van der Waals surface area contributed by atoms with Crippen molar-refractivity contribution in [2.75, 3.05) is 0 Å². The van der Waals surface area contributed by atoms with Crippen molar-refractivity contribution in [1.29, 1.82) is 0 Å². The molecule has 1 heterocycles. The van der Waals surface area contributed by atoms with Gasteiger partial charge in [-0.15, -0.1) is 11.8 Å². The maximum atomic E-state index is 11.5. The summed E-state index contributed by atoms with van der Waals surface area (Å²) in [6.45, 7) is 0. The summed E-state index contributed by atoms with van der Waals surface area (Å²) in [6.07, 6.45) is 1.46. The van der Waals surface area contributed by atoms with Crippen molar-refractivity contribution < 1.29 is 4.73 Å². The zero-order valence-electron chi connectivity index (χ0n) is 9.08. The summed E-state index contributed by atoms with van der Waals surface area (Å²) in [5.74, 6) is 0.786. The van der Waals surface area contributed by atoms with Crippen LogP contribution in [0.5, 0.6) is 0 Å². The second-order valence-electron chi connectivity index (χ2n) is 3.47. The third kappa shape index (κ3) is 3.28. The normalized spacial score (nSPS) is 10.1. The summed E-state index contributed by atoms with van der Waals surface area (Å²) < 4.78 is 1.44. The molecule has 0 aliphatic rings. The van der Waals surface area contributed by atoms with Crippen LogP contribution in [0.2, 0.25) is 0 Å². The number of thioether (sulfide) groups is 1. The Hall–Kier alpha value is -1.39. The van der Waals surface area contributed by atoms with Gasteiger partial charge in [-0.2, -0.15) is 4.73 Å². The molecule has 0 unspecified atom stereocenters. The topological polar surface area (TPSA) is 26.9 Å². The minimum absolute atomic E-state index is 0.545. The molecule has 86 valence electrons. The quantitative estimate of drug-likeness (QED) is 0.483. The monoisotopic (exact) mass is 261 g/mol. The minimum Gasteiger partial charge on any atom is -0.618 e. The maximum Gasteiger partial charge on any atom is 0.241 e. The summed E-state index contributed by atoms with van der Waals surface area (Å²) in [6, 6.07) is 15.3. The highest BCUT2D eigenvalue weighted by Crippen LogP contribution is 2.17. The van der Waals surface area contributed by atoms with Crippen molar-refractivity contribution in [2.24, 2.45) is 0 Å². The largest absolute Gasteiger partial charge is 0.618 e. The summed E-state index contributed by atoms with van der Waals surface area (Å²) in [7, 11) is 0. The molecule has 2 nitrogen and oxygen atoms in total. The van der Waals surface area contributed by atoms with E-state index < -0.39 is 0 Å². The van der Waals surface area contributed by atoms with Gasteiger partial charge >= 0.3 is 0 Å². The van der Waals surface area contributed by atoms with E-state index in [-0.39, 0.29) is 0 Å². The molecular weight excluding hydrogens is 250 g/mol. The van der Waals surface area contributed by atoms with Crippen molar-refractivity contribution in [2.45, 2.75) is 5.75 Å². The molecule has 17 heavy (non-hydrogen) atoms. The summed E-state index contributed by atoms with van der Waals surface area (Å²) >= 11 is 6.76. The highest BCUT2D eigenvalue weighted by molar-refractivity contribution is 8.23. The average Bonchev–Trinajstić information content (AvgIpc) is 2.38. The number of aromatic nitrogens is 1. The Morgan fingerprint density at radius 3 is 2.53 bits per heavy atom. The van der Waals surface area contributed by atoms with Crippen LogP contribution in [-0.4, -0.2) is 4.20 Å². The molecule has 0 saturated carbocycles. The molecule has 0 aliphatic heterocycles. The van der Waals surface area contributed by atoms with Gasteiger partial charge in [0.15, 0.2) is 6.20 Å². The first-order valence-corrected chi connectivity index (χ1v) is 6.56. The molecule has 2 aromatic rings. The van der Waals surface area contributed by atoms with E-state index in [9.17, 15) is 5.21 Å². The molecule has 0 spiro atoms. The Kier molecular flexibility index (Phi) is 4.12. The first-order chi connectivity index (χ1) is 8.27. The Morgan fingerprint density at radius 2 is 1.82 bits per heavy atom. The van der Waals surface area contributed by atoms with Crippen molar-refractivity contribution in [3.8, 4) is 0 Å². The number of thiocarbonyl (C=S) groups is 1. The molecule has 0 fully saturated rings. The van der Waals surface area contributed by atoms with Crippen molar-refractivity contribution in [1.82, 2.24) is 0 Å². The van der Waals surface area contributed by atoms with Crippen LogP contribution >= 0.6 is 24.0 Å². The molecule has 1 aromatic heterocycles. The highest BCUT2D eigenvalue weighted by Gasteiger charge is 2.10. The number of rotatable bonds is 3. The van der Waals surface area contributed by atoms with E-state index in [2.05, 4.69) is 0 Å². The van der Waals surface area contributed by atoms with Crippen molar-refractivity contribution in [3.05, 3.63) is 71.2 Å². The third-order valence-corrected chi connectivity index (χ3v) is 3.76. The fraction of sp³-hybridized carbons (Fsp3) is 0.0769. The number of benzene rings is 1. The van der Waals surface area contributed by atoms with Gasteiger partial charge in [-0.3, -0.25) is 0 Å². The van der Waals surface area contributed by atoms with Gasteiger partial charge in [0.1, 0.15) is 4.20 Å². The van der Waals surface area contributed by atoms with Crippen LogP contribution in [0.4, 0.5) is 0 Å². The van der Waals surface area contributed by atoms with Crippen LogP contribution < -0.4 is 4.73 Å². The predicted molar refractivity (Wildman–Crippen MR) is 74.8 cm³/mol. The average molecular weight is 261 g/mol. The third-order valence-electron chi connectivity index (χ3n) is 2.25. The van der Waals surface area contributed by atoms with E-state index >= 15 is 0 Å². The van der Waals surface area contributed by atoms with Crippen molar-refractivity contribution in [3.63, 3.8) is 0 Å². The maximum absolute atomic E-state index is 11.5. The van der Waals surface area contributed by atoms with Crippen molar-refractivity contribution >= 4 is 28.2 Å². The molecule has 1 aromatic carbocycles. The Balaban J connectivity index is 2.01. The van der Waals surface area contributed by atoms with Crippen LogP contribution in [0.25, 0.3) is 0 Å². The number of hydrogen-bond acceptors (Lipinski definition) is 3. The van der Waals surface area contributed by atoms with E-state index in [0.29, 0.717) is 9.89 Å². The number of nitrogens with zero attached hydrogens (tertiary/aromatic N) is 1. The lowest BCUT2D eigenvalue weighted by atomic mass is 10.2. The number of pyridine rings is 1. The second kappa shape index (κ2) is 5.80. The fourth-order valence-electron chi connectivity index (χ4n) is 1.38. The predicted octanol–water partition coefficient (Wildman–Crippen LogP) is 2.93. The summed E-state index contributed by atoms with van der Waals surface area (Å²) in [5.41, 5.74) is 1.75. The van der Waals surface area contributed by atoms with E-state index in [4.69, 9.17) is 12.2 Å². The minimum atomic E-state index is 0.545. The Labute approximate surface area is 110 Å². The van der Waals surface area contributed by atoms with Crippen LogP contribution in [0.3, 0.4) is 0 Å². The summed E-state index contributed by atoms with van der Waals surface area (Å²) in [5, 5.41) is 11.5. The van der Waals surface area contributed by atoms with Gasteiger partial charge in [0.2, 0.25) is 5.69 Å². The highest BCUT2D eigenvalue weighted by atomic mass is 32.2. The van der Waals surface area contributed by atoms with Crippen LogP contribution in [0.1, 0.15) is 11.3 Å². The van der Waals surface area contributed by atoms with Gasteiger partial charge in [0.05, 0.1) is 0 Å². The fourth-order valence-corrected chi connectivity index (χ4v) is 2.51. The van der Waals surface area contributed by atoms with Crippen LogP contribution in [0, 0.1) is 5.21 Å². The van der Waals surface area contributed by atoms with Gasteiger partial charge < -0.3 is 5.21 Å². The molecule has 0 radical (unpaired) electrons. The lowest BCUT2D eigenvalue weighted by Gasteiger charge is -2.04. The smallest absolute Gasteiger partial charge is 0.241 e. The molecule has 0 atom stereocenters. The molecule has 0 saturated heterocycles. The molecule has 0 aliphatic carbocycles. The molecule has 2 rings (SSSR count). The van der Waals surface area contributed by atoms with E-state index in [1.807, 2.05) is 36.4 Å². The second-order valence-corrected chi connectivity index (χ2v) is 5.13.